The molecule has 1 aliphatic heterocycles. The third-order valence-corrected chi connectivity index (χ3v) is 4.56. The topological polar surface area (TPSA) is 74.6 Å². The Kier molecular flexibility index (Phi) is 5.06. The summed E-state index contributed by atoms with van der Waals surface area (Å²) in [6, 6.07) is 11.1. The number of fused-ring (bicyclic) bond motifs is 2. The minimum absolute atomic E-state index is 0.126. The van der Waals surface area contributed by atoms with E-state index >= 15 is 0 Å². The van der Waals surface area contributed by atoms with Crippen LogP contribution in [0.2, 0.25) is 0 Å². The van der Waals surface area contributed by atoms with Crippen LogP contribution in [-0.2, 0) is 11.3 Å². The van der Waals surface area contributed by atoms with Gasteiger partial charge in [0, 0.05) is 24.2 Å². The van der Waals surface area contributed by atoms with Gasteiger partial charge in [0.25, 0.3) is 0 Å². The summed E-state index contributed by atoms with van der Waals surface area (Å²) in [5, 5.41) is 2.91. The van der Waals surface area contributed by atoms with Crippen LogP contribution in [0.15, 0.2) is 36.4 Å². The molecule has 0 fully saturated rings. The van der Waals surface area contributed by atoms with Crippen LogP contribution in [0.1, 0.15) is 19.2 Å². The Bertz CT molecular complexity index is 995. The lowest BCUT2D eigenvalue weighted by Crippen LogP contribution is -2.19. The van der Waals surface area contributed by atoms with Gasteiger partial charge in [0.05, 0.1) is 30.9 Å². The first kappa shape index (κ1) is 18.2. The average Bonchev–Trinajstić information content (AvgIpc) is 2.84. The van der Waals surface area contributed by atoms with E-state index in [0.29, 0.717) is 31.3 Å². The molecule has 1 amide bonds. The highest BCUT2D eigenvalue weighted by Gasteiger charge is 2.17. The smallest absolute Gasteiger partial charge is 0.244 e. The van der Waals surface area contributed by atoms with Crippen LogP contribution in [0, 0.1) is 6.92 Å². The zero-order valence-corrected chi connectivity index (χ0v) is 16.0. The van der Waals surface area contributed by atoms with E-state index in [1.54, 1.807) is 0 Å². The van der Waals surface area contributed by atoms with Crippen LogP contribution in [0.4, 0.5) is 5.69 Å². The molecule has 7 heteroatoms. The molecule has 1 N–H and O–H groups in total. The minimum atomic E-state index is -0.126. The molecule has 146 valence electrons. The van der Waals surface area contributed by atoms with Gasteiger partial charge in [-0.2, -0.15) is 0 Å². The Morgan fingerprint density at radius 1 is 1.18 bits per heavy atom. The third-order valence-electron chi connectivity index (χ3n) is 4.56. The number of anilines is 1. The van der Waals surface area contributed by atoms with Gasteiger partial charge >= 0.3 is 0 Å². The molecule has 0 bridgehead atoms. The highest BCUT2D eigenvalue weighted by Crippen LogP contribution is 2.34. The van der Waals surface area contributed by atoms with Gasteiger partial charge in [-0.1, -0.05) is 0 Å². The molecular formula is C21H23N3O4. The molecule has 2 heterocycles. The molecule has 0 atom stereocenters. The number of benzene rings is 2. The van der Waals surface area contributed by atoms with E-state index in [-0.39, 0.29) is 12.5 Å². The van der Waals surface area contributed by atoms with Crippen LogP contribution in [-0.4, -0.2) is 35.3 Å². The second-order valence-corrected chi connectivity index (χ2v) is 6.59. The quantitative estimate of drug-likeness (QED) is 0.732. The molecule has 7 nitrogen and oxygen atoms in total. The van der Waals surface area contributed by atoms with E-state index < -0.39 is 0 Å². The first-order chi connectivity index (χ1) is 13.6. The summed E-state index contributed by atoms with van der Waals surface area (Å²) in [6.07, 6.45) is 0.843. The van der Waals surface area contributed by atoms with Gasteiger partial charge in [0.15, 0.2) is 11.5 Å². The Balaban J connectivity index is 1.54. The monoisotopic (exact) mass is 381 g/mol. The summed E-state index contributed by atoms with van der Waals surface area (Å²) >= 11 is 0. The zero-order chi connectivity index (χ0) is 19.5. The lowest BCUT2D eigenvalue weighted by molar-refractivity contribution is -0.116. The normalized spacial score (nSPS) is 13.2. The van der Waals surface area contributed by atoms with Crippen molar-refractivity contribution < 1.29 is 19.0 Å². The van der Waals surface area contributed by atoms with Crippen LogP contribution < -0.4 is 19.5 Å². The number of rotatable bonds is 5. The van der Waals surface area contributed by atoms with E-state index in [2.05, 4.69) is 10.3 Å². The first-order valence-electron chi connectivity index (χ1n) is 9.43. The fraction of sp³-hybridized carbons (Fsp3) is 0.333. The largest absolute Gasteiger partial charge is 0.494 e. The summed E-state index contributed by atoms with van der Waals surface area (Å²) in [5.74, 6) is 2.81. The molecule has 1 aliphatic rings. The summed E-state index contributed by atoms with van der Waals surface area (Å²) < 4.78 is 18.8. The predicted molar refractivity (Wildman–Crippen MR) is 106 cm³/mol. The van der Waals surface area contributed by atoms with Crippen molar-refractivity contribution in [1.82, 2.24) is 9.55 Å². The minimum Gasteiger partial charge on any atom is -0.494 e. The molecule has 2 aromatic carbocycles. The fourth-order valence-electron chi connectivity index (χ4n) is 3.25. The number of carbonyl (C=O) groups is 1. The number of aromatic nitrogens is 2. The number of imidazole rings is 1. The van der Waals surface area contributed by atoms with E-state index in [1.165, 1.54) is 0 Å². The molecule has 0 saturated heterocycles. The summed E-state index contributed by atoms with van der Waals surface area (Å²) in [5.41, 5.74) is 2.36. The number of aryl methyl sites for hydroxylation is 1. The standard InChI is InChI=1S/C21H23N3O4/c1-3-26-16-7-5-15(6-8-16)23-21(25)13-24-14(2)22-17-11-19-20(12-18(17)24)28-10-4-9-27-19/h5-8,11-12H,3-4,9-10,13H2,1-2H3,(H,23,25). The van der Waals surface area contributed by atoms with Gasteiger partial charge in [-0.3, -0.25) is 4.79 Å². The maximum atomic E-state index is 12.6. The van der Waals surface area contributed by atoms with Crippen molar-refractivity contribution in [2.75, 3.05) is 25.1 Å². The summed E-state index contributed by atoms with van der Waals surface area (Å²) in [4.78, 5) is 17.2. The van der Waals surface area contributed by atoms with E-state index in [0.717, 1.165) is 34.7 Å². The number of amides is 1. The van der Waals surface area contributed by atoms with Gasteiger partial charge < -0.3 is 24.1 Å². The number of ether oxygens (including phenoxy) is 3. The highest BCUT2D eigenvalue weighted by molar-refractivity contribution is 5.92. The molecule has 0 unspecified atom stereocenters. The maximum Gasteiger partial charge on any atom is 0.244 e. The Morgan fingerprint density at radius 3 is 2.61 bits per heavy atom. The molecule has 0 saturated carbocycles. The number of carbonyl (C=O) groups excluding carboxylic acids is 1. The molecule has 3 aromatic rings. The molecule has 4 rings (SSSR count). The number of hydrogen-bond acceptors (Lipinski definition) is 5. The Hall–Kier alpha value is -3.22. The van der Waals surface area contributed by atoms with Crippen LogP contribution in [0.25, 0.3) is 11.0 Å². The van der Waals surface area contributed by atoms with Crippen molar-refractivity contribution in [3.63, 3.8) is 0 Å². The van der Waals surface area contributed by atoms with Crippen molar-refractivity contribution in [1.29, 1.82) is 0 Å². The third kappa shape index (κ3) is 3.74. The lowest BCUT2D eigenvalue weighted by atomic mass is 10.2. The van der Waals surface area contributed by atoms with Gasteiger partial charge in [-0.15, -0.1) is 0 Å². The van der Waals surface area contributed by atoms with Crippen LogP contribution in [0.3, 0.4) is 0 Å². The van der Waals surface area contributed by atoms with Crippen molar-refractivity contribution in [3.05, 3.63) is 42.2 Å². The molecule has 0 aliphatic carbocycles. The van der Waals surface area contributed by atoms with E-state index in [9.17, 15) is 4.79 Å². The Labute approximate surface area is 163 Å². The molecule has 0 radical (unpaired) electrons. The van der Waals surface area contributed by atoms with Gasteiger partial charge in [0.2, 0.25) is 5.91 Å². The van der Waals surface area contributed by atoms with E-state index in [1.807, 2.05) is 54.8 Å². The zero-order valence-electron chi connectivity index (χ0n) is 16.0. The number of hydrogen-bond donors (Lipinski definition) is 1. The van der Waals surface area contributed by atoms with Crippen LogP contribution >= 0.6 is 0 Å². The van der Waals surface area contributed by atoms with Crippen molar-refractivity contribution in [2.24, 2.45) is 0 Å². The SMILES string of the molecule is CCOc1ccc(NC(=O)Cn2c(C)nc3cc4c(cc32)OCCCO4)cc1. The fourth-order valence-corrected chi connectivity index (χ4v) is 3.25. The lowest BCUT2D eigenvalue weighted by Gasteiger charge is -2.11. The highest BCUT2D eigenvalue weighted by atomic mass is 16.5. The number of nitrogens with zero attached hydrogens (tertiary/aromatic N) is 2. The Morgan fingerprint density at radius 2 is 1.89 bits per heavy atom. The van der Waals surface area contributed by atoms with Crippen molar-refractivity contribution in [3.8, 4) is 17.2 Å². The first-order valence-corrected chi connectivity index (χ1v) is 9.43. The summed E-state index contributed by atoms with van der Waals surface area (Å²) in [7, 11) is 0. The molecular weight excluding hydrogens is 358 g/mol. The second-order valence-electron chi connectivity index (χ2n) is 6.59. The number of nitrogens with one attached hydrogen (secondary N) is 1. The average molecular weight is 381 g/mol. The van der Waals surface area contributed by atoms with Crippen molar-refractivity contribution in [2.45, 2.75) is 26.8 Å². The molecule has 28 heavy (non-hydrogen) atoms. The van der Waals surface area contributed by atoms with Gasteiger partial charge in [-0.05, 0) is 38.1 Å². The molecule has 0 spiro atoms. The van der Waals surface area contributed by atoms with Gasteiger partial charge in [-0.25, -0.2) is 4.98 Å². The summed E-state index contributed by atoms with van der Waals surface area (Å²) in [6.45, 7) is 5.83. The maximum absolute atomic E-state index is 12.6. The van der Waals surface area contributed by atoms with E-state index in [4.69, 9.17) is 14.2 Å². The van der Waals surface area contributed by atoms with Crippen LogP contribution in [0.5, 0.6) is 17.2 Å². The predicted octanol–water partition coefficient (Wildman–Crippen LogP) is 3.54. The van der Waals surface area contributed by atoms with Crippen molar-refractivity contribution >= 4 is 22.6 Å². The molecule has 1 aromatic heterocycles. The second kappa shape index (κ2) is 7.80. The van der Waals surface area contributed by atoms with Gasteiger partial charge in [0.1, 0.15) is 18.1 Å².